The number of hydrogen-bond acceptors (Lipinski definition) is 3. The molecule has 106 valence electrons. The monoisotopic (exact) mass is 281 g/mol. The summed E-state index contributed by atoms with van der Waals surface area (Å²) in [6, 6.07) is 6.13. The highest BCUT2D eigenvalue weighted by atomic mass is 32.1. The molecule has 0 aliphatic carbocycles. The predicted octanol–water partition coefficient (Wildman–Crippen LogP) is 2.86. The highest BCUT2D eigenvalue weighted by Gasteiger charge is 2.24. The number of hydrogen-bond donors (Lipinski definition) is 1. The Labute approximate surface area is 121 Å². The van der Waals surface area contributed by atoms with Crippen LogP contribution in [0.25, 0.3) is 0 Å². The first-order chi connectivity index (χ1) is 9.06. The minimum absolute atomic E-state index is 0.00366. The lowest BCUT2D eigenvalue weighted by Gasteiger charge is -2.31. The number of carbonyl (C=O) groups excluding carboxylic acids is 1. The average Bonchev–Trinajstić information content (AvgIpc) is 2.40. The fourth-order valence-corrected chi connectivity index (χ4v) is 2.48. The largest absolute Gasteiger partial charge is 0.383 e. The van der Waals surface area contributed by atoms with Crippen molar-refractivity contribution >= 4 is 24.2 Å². The van der Waals surface area contributed by atoms with E-state index in [0.717, 1.165) is 17.7 Å². The molecule has 19 heavy (non-hydrogen) atoms. The van der Waals surface area contributed by atoms with Crippen LogP contribution in [0.15, 0.2) is 18.2 Å². The molecule has 0 aliphatic heterocycles. The zero-order valence-electron chi connectivity index (χ0n) is 12.1. The number of ether oxygens (including phenoxy) is 1. The van der Waals surface area contributed by atoms with Crippen molar-refractivity contribution in [1.29, 1.82) is 0 Å². The standard InChI is InChI=1S/C15H23NO2S/c1-5-13-8-6-7-11(2)15(13)16(14(17)10-19)12(3)9-18-4/h6-8,12,19H,5,9-10H2,1-4H3/t12-/m0/s1. The lowest BCUT2D eigenvalue weighted by Crippen LogP contribution is -2.43. The maximum atomic E-state index is 12.2. The van der Waals surface area contributed by atoms with Gasteiger partial charge in [0, 0.05) is 7.11 Å². The Morgan fingerprint density at radius 3 is 2.68 bits per heavy atom. The van der Waals surface area contributed by atoms with Crippen LogP contribution in [0.4, 0.5) is 5.69 Å². The van der Waals surface area contributed by atoms with Gasteiger partial charge in [0.25, 0.3) is 0 Å². The number of para-hydroxylation sites is 1. The summed E-state index contributed by atoms with van der Waals surface area (Å²) in [5.41, 5.74) is 3.30. The van der Waals surface area contributed by atoms with Crippen LogP contribution < -0.4 is 4.90 Å². The Balaban J connectivity index is 3.28. The summed E-state index contributed by atoms with van der Waals surface area (Å²) in [4.78, 5) is 14.1. The van der Waals surface area contributed by atoms with Crippen molar-refractivity contribution in [2.45, 2.75) is 33.2 Å². The zero-order chi connectivity index (χ0) is 14.4. The first-order valence-corrected chi connectivity index (χ1v) is 7.20. The van der Waals surface area contributed by atoms with Crippen molar-refractivity contribution in [2.75, 3.05) is 24.4 Å². The molecule has 0 aromatic heterocycles. The summed E-state index contributed by atoms with van der Waals surface area (Å²) in [5.74, 6) is 0.211. The maximum absolute atomic E-state index is 12.2. The van der Waals surface area contributed by atoms with E-state index in [9.17, 15) is 4.79 Å². The van der Waals surface area contributed by atoms with Gasteiger partial charge in [0.2, 0.25) is 5.91 Å². The van der Waals surface area contributed by atoms with Gasteiger partial charge in [-0.25, -0.2) is 0 Å². The Morgan fingerprint density at radius 1 is 1.47 bits per heavy atom. The molecular formula is C15H23NO2S. The van der Waals surface area contributed by atoms with Gasteiger partial charge < -0.3 is 9.64 Å². The van der Waals surface area contributed by atoms with Gasteiger partial charge in [-0.05, 0) is 31.4 Å². The average molecular weight is 281 g/mol. The van der Waals surface area contributed by atoms with Crippen molar-refractivity contribution in [2.24, 2.45) is 0 Å². The fourth-order valence-electron chi connectivity index (χ4n) is 2.33. The normalized spacial score (nSPS) is 12.3. The van der Waals surface area contributed by atoms with Gasteiger partial charge in [0.15, 0.2) is 0 Å². The SMILES string of the molecule is CCc1cccc(C)c1N(C(=O)CS)[C@@H](C)COC. The molecule has 1 amide bonds. The van der Waals surface area contributed by atoms with Crippen LogP contribution in [-0.4, -0.2) is 31.4 Å². The molecule has 1 rings (SSSR count). The van der Waals surface area contributed by atoms with Crippen molar-refractivity contribution in [3.05, 3.63) is 29.3 Å². The van der Waals surface area contributed by atoms with Gasteiger partial charge in [0.1, 0.15) is 0 Å². The van der Waals surface area contributed by atoms with Crippen molar-refractivity contribution in [1.82, 2.24) is 0 Å². The first-order valence-electron chi connectivity index (χ1n) is 6.57. The van der Waals surface area contributed by atoms with Crippen LogP contribution in [-0.2, 0) is 16.0 Å². The number of benzene rings is 1. The third-order valence-corrected chi connectivity index (χ3v) is 3.47. The molecule has 0 fully saturated rings. The van der Waals surface area contributed by atoms with E-state index in [4.69, 9.17) is 4.74 Å². The minimum Gasteiger partial charge on any atom is -0.383 e. The molecule has 4 heteroatoms. The Bertz CT molecular complexity index is 434. The van der Waals surface area contributed by atoms with Gasteiger partial charge in [0.05, 0.1) is 24.1 Å². The minimum atomic E-state index is -0.00366. The lowest BCUT2D eigenvalue weighted by atomic mass is 10.0. The topological polar surface area (TPSA) is 29.5 Å². The Hall–Kier alpha value is -1.000. The zero-order valence-corrected chi connectivity index (χ0v) is 13.0. The van der Waals surface area contributed by atoms with E-state index in [2.05, 4.69) is 25.6 Å². The number of anilines is 1. The number of carbonyl (C=O) groups is 1. The smallest absolute Gasteiger partial charge is 0.237 e. The maximum Gasteiger partial charge on any atom is 0.237 e. The van der Waals surface area contributed by atoms with Gasteiger partial charge in [-0.1, -0.05) is 25.1 Å². The molecular weight excluding hydrogens is 258 g/mol. The summed E-state index contributed by atoms with van der Waals surface area (Å²) >= 11 is 4.13. The van der Waals surface area contributed by atoms with Crippen molar-refractivity contribution < 1.29 is 9.53 Å². The molecule has 0 N–H and O–H groups in total. The van der Waals surface area contributed by atoms with Crippen LogP contribution in [0.3, 0.4) is 0 Å². The molecule has 0 bridgehead atoms. The highest BCUT2D eigenvalue weighted by Crippen LogP contribution is 2.28. The van der Waals surface area contributed by atoms with Gasteiger partial charge in [-0.15, -0.1) is 0 Å². The fraction of sp³-hybridized carbons (Fsp3) is 0.533. The second kappa shape index (κ2) is 7.56. The third-order valence-electron chi connectivity index (χ3n) is 3.20. The number of methoxy groups -OCH3 is 1. The van der Waals surface area contributed by atoms with E-state index in [-0.39, 0.29) is 17.7 Å². The molecule has 0 saturated carbocycles. The first kappa shape index (κ1) is 16.1. The molecule has 0 aliphatic rings. The van der Waals surface area contributed by atoms with E-state index in [1.165, 1.54) is 5.56 Å². The number of thiol groups is 1. The van der Waals surface area contributed by atoms with Gasteiger partial charge in [-0.2, -0.15) is 12.6 Å². The second-order valence-corrected chi connectivity index (χ2v) is 4.98. The van der Waals surface area contributed by atoms with E-state index in [1.54, 1.807) is 7.11 Å². The van der Waals surface area contributed by atoms with E-state index in [1.807, 2.05) is 30.9 Å². The number of nitrogens with zero attached hydrogens (tertiary/aromatic N) is 1. The van der Waals surface area contributed by atoms with E-state index in [0.29, 0.717) is 6.61 Å². The lowest BCUT2D eigenvalue weighted by molar-refractivity contribution is -0.116. The van der Waals surface area contributed by atoms with Crippen LogP contribution in [0, 0.1) is 6.92 Å². The molecule has 3 nitrogen and oxygen atoms in total. The summed E-state index contributed by atoms with van der Waals surface area (Å²) in [6.07, 6.45) is 0.896. The quantitative estimate of drug-likeness (QED) is 0.813. The summed E-state index contributed by atoms with van der Waals surface area (Å²) < 4.78 is 5.20. The molecule has 0 heterocycles. The predicted molar refractivity (Wildman–Crippen MR) is 83.2 cm³/mol. The van der Waals surface area contributed by atoms with Crippen LogP contribution in [0.2, 0.25) is 0 Å². The summed E-state index contributed by atoms with van der Waals surface area (Å²) in [6.45, 7) is 6.64. The summed E-state index contributed by atoms with van der Waals surface area (Å²) in [5, 5.41) is 0. The summed E-state index contributed by atoms with van der Waals surface area (Å²) in [7, 11) is 1.65. The number of rotatable bonds is 6. The molecule has 0 unspecified atom stereocenters. The highest BCUT2D eigenvalue weighted by molar-refractivity contribution is 7.81. The molecule has 1 aromatic rings. The van der Waals surface area contributed by atoms with E-state index >= 15 is 0 Å². The van der Waals surface area contributed by atoms with Crippen LogP contribution in [0.5, 0.6) is 0 Å². The van der Waals surface area contributed by atoms with E-state index < -0.39 is 0 Å². The van der Waals surface area contributed by atoms with Gasteiger partial charge >= 0.3 is 0 Å². The van der Waals surface area contributed by atoms with Crippen molar-refractivity contribution in [3.63, 3.8) is 0 Å². The third kappa shape index (κ3) is 3.74. The van der Waals surface area contributed by atoms with Crippen LogP contribution >= 0.6 is 12.6 Å². The number of aryl methyl sites for hydroxylation is 2. The molecule has 0 saturated heterocycles. The van der Waals surface area contributed by atoms with Crippen molar-refractivity contribution in [3.8, 4) is 0 Å². The number of amides is 1. The van der Waals surface area contributed by atoms with Gasteiger partial charge in [-0.3, -0.25) is 4.79 Å². The second-order valence-electron chi connectivity index (χ2n) is 4.66. The molecule has 1 atom stereocenters. The molecule has 0 radical (unpaired) electrons. The Morgan fingerprint density at radius 2 is 2.16 bits per heavy atom. The molecule has 0 spiro atoms. The Kier molecular flexibility index (Phi) is 6.38. The molecule has 1 aromatic carbocycles. The van der Waals surface area contributed by atoms with Crippen LogP contribution in [0.1, 0.15) is 25.0 Å².